The molecule has 0 bridgehead atoms. The van der Waals surface area contributed by atoms with Gasteiger partial charge in [-0.05, 0) is 0 Å². The number of hydrogen-bond acceptors (Lipinski definition) is 0. The monoisotopic (exact) mass is 410 g/mol. The van der Waals surface area contributed by atoms with Crippen molar-refractivity contribution in [3.05, 3.63) is 30.3 Å². The molecule has 0 unspecified atom stereocenters. The maximum atomic E-state index is 2.66. The summed E-state index contributed by atoms with van der Waals surface area (Å²) in [6.07, 6.45) is 5.89. The first kappa shape index (κ1) is 17.6. The first-order chi connectivity index (χ1) is 10.1. The average Bonchev–Trinajstić information content (AvgIpc) is 2.54. The molecule has 1 fully saturated rings. The van der Waals surface area contributed by atoms with Crippen molar-refractivity contribution >= 4 is 31.6 Å². The van der Waals surface area contributed by atoms with E-state index in [9.17, 15) is 0 Å². The van der Waals surface area contributed by atoms with Crippen LogP contribution >= 0.6 is 0 Å². The van der Waals surface area contributed by atoms with E-state index in [1.54, 1.807) is 35.0 Å². The summed E-state index contributed by atoms with van der Waals surface area (Å²) in [6.45, 7) is 7.42. The van der Waals surface area contributed by atoms with Crippen LogP contribution in [0.15, 0.2) is 30.3 Å². The number of benzene rings is 1. The van der Waals surface area contributed by atoms with Crippen molar-refractivity contribution in [2.75, 3.05) is 0 Å². The Hall–Kier alpha value is 0.236. The van der Waals surface area contributed by atoms with E-state index in [2.05, 4.69) is 50.7 Å². The van der Waals surface area contributed by atoms with Crippen LogP contribution in [0.3, 0.4) is 0 Å². The van der Waals surface area contributed by atoms with Crippen LogP contribution in [-0.2, 0) is 0 Å². The van der Waals surface area contributed by atoms with Gasteiger partial charge in [-0.2, -0.15) is 0 Å². The molecule has 1 aliphatic rings. The van der Waals surface area contributed by atoms with Crippen LogP contribution in [0.1, 0.15) is 39.5 Å². The summed E-state index contributed by atoms with van der Waals surface area (Å²) in [6, 6.07) is 14.8. The molecular formula is C19H34SiSn. The number of unbranched alkanes of at least 4 members (excludes halogenated alkanes) is 2. The van der Waals surface area contributed by atoms with E-state index >= 15 is 0 Å². The summed E-state index contributed by atoms with van der Waals surface area (Å²) in [5.41, 5.74) is 0. The molecule has 0 amide bonds. The van der Waals surface area contributed by atoms with E-state index in [4.69, 9.17) is 0 Å². The second kappa shape index (κ2) is 8.19. The Morgan fingerprint density at radius 2 is 1.43 bits per heavy atom. The van der Waals surface area contributed by atoms with Crippen LogP contribution < -0.4 is 5.19 Å². The van der Waals surface area contributed by atoms with Gasteiger partial charge in [0.15, 0.2) is 0 Å². The van der Waals surface area contributed by atoms with Crippen LogP contribution in [0.5, 0.6) is 0 Å². The van der Waals surface area contributed by atoms with Gasteiger partial charge in [-0.1, -0.05) is 0 Å². The fraction of sp³-hybridized carbons (Fsp3) is 0.684. The first-order valence-corrected chi connectivity index (χ1v) is 20.2. The molecule has 0 spiro atoms. The zero-order valence-electron chi connectivity index (χ0n) is 14.5. The zero-order chi connectivity index (χ0) is 15.2. The van der Waals surface area contributed by atoms with Gasteiger partial charge in [-0.3, -0.25) is 0 Å². The van der Waals surface area contributed by atoms with Crippen LogP contribution in [0.4, 0.5) is 0 Å². The molecule has 1 heterocycles. The van der Waals surface area contributed by atoms with E-state index in [1.807, 2.05) is 0 Å². The summed E-state index contributed by atoms with van der Waals surface area (Å²) in [4.78, 5) is 0. The van der Waals surface area contributed by atoms with Gasteiger partial charge in [-0.15, -0.1) is 0 Å². The van der Waals surface area contributed by atoms with Gasteiger partial charge in [0.25, 0.3) is 0 Å². The van der Waals surface area contributed by atoms with E-state index < -0.39 is 26.5 Å². The van der Waals surface area contributed by atoms with Crippen molar-refractivity contribution in [1.29, 1.82) is 0 Å². The van der Waals surface area contributed by atoms with Crippen LogP contribution in [-0.4, -0.2) is 26.5 Å². The summed E-state index contributed by atoms with van der Waals surface area (Å²) in [7, 11) is -1.13. The second-order valence-corrected chi connectivity index (χ2v) is 26.6. The molecule has 1 aliphatic heterocycles. The minimum atomic E-state index is -1.74. The fourth-order valence-corrected chi connectivity index (χ4v) is 37.3. The third-order valence-electron chi connectivity index (χ3n) is 6.01. The Morgan fingerprint density at radius 3 is 1.90 bits per heavy atom. The predicted octanol–water partition coefficient (Wildman–Crippen LogP) is 6.03. The molecule has 2 rings (SSSR count). The van der Waals surface area contributed by atoms with Crippen molar-refractivity contribution in [2.45, 2.75) is 75.9 Å². The Kier molecular flexibility index (Phi) is 6.86. The van der Waals surface area contributed by atoms with Crippen molar-refractivity contribution in [3.8, 4) is 0 Å². The summed E-state index contributed by atoms with van der Waals surface area (Å²) in [5, 5.41) is 1.73. The summed E-state index contributed by atoms with van der Waals surface area (Å²) in [5.74, 6) is 0. The Labute approximate surface area is 137 Å². The van der Waals surface area contributed by atoms with Crippen molar-refractivity contribution in [3.63, 3.8) is 0 Å². The minimum absolute atomic E-state index is 1.13. The molecule has 0 N–H and O–H groups in total. The first-order valence-electron chi connectivity index (χ1n) is 9.20. The molecule has 1 aromatic carbocycles. The molecule has 1 saturated heterocycles. The maximum absolute atomic E-state index is 2.66. The number of rotatable bonds is 7. The molecule has 2 heteroatoms. The van der Waals surface area contributed by atoms with E-state index in [-0.39, 0.29) is 0 Å². The van der Waals surface area contributed by atoms with E-state index in [0.717, 1.165) is 0 Å². The molecule has 0 radical (unpaired) electrons. The van der Waals surface area contributed by atoms with Crippen molar-refractivity contribution < 1.29 is 0 Å². The zero-order valence-corrected chi connectivity index (χ0v) is 18.3. The molecular weight excluding hydrogens is 375 g/mol. The van der Waals surface area contributed by atoms with Gasteiger partial charge in [0.1, 0.15) is 0 Å². The Morgan fingerprint density at radius 1 is 0.905 bits per heavy atom. The van der Waals surface area contributed by atoms with Gasteiger partial charge >= 0.3 is 138 Å². The Bertz CT molecular complexity index is 397. The van der Waals surface area contributed by atoms with Gasteiger partial charge in [0.2, 0.25) is 0 Å². The van der Waals surface area contributed by atoms with Gasteiger partial charge in [-0.25, -0.2) is 0 Å². The predicted molar refractivity (Wildman–Crippen MR) is 102 cm³/mol. The summed E-state index contributed by atoms with van der Waals surface area (Å²) >= 11 is -1.74. The van der Waals surface area contributed by atoms with E-state index in [0.29, 0.717) is 0 Å². The molecule has 118 valence electrons. The van der Waals surface area contributed by atoms with Crippen molar-refractivity contribution in [2.24, 2.45) is 0 Å². The van der Waals surface area contributed by atoms with Gasteiger partial charge in [0, 0.05) is 0 Å². The van der Waals surface area contributed by atoms with Gasteiger partial charge in [0.05, 0.1) is 0 Å². The fourth-order valence-electron chi connectivity index (χ4n) is 4.19. The topological polar surface area (TPSA) is 0 Å². The SMILES string of the molecule is CCC[CH2][Sn]1([CH2]CCC)[CH2]C[Si](C)(c2ccccc2)C[CH2]1. The molecule has 1 aromatic rings. The molecule has 0 aromatic heterocycles. The van der Waals surface area contributed by atoms with Crippen LogP contribution in [0.2, 0.25) is 36.4 Å². The molecule has 0 atom stereocenters. The normalized spacial score (nSPS) is 20.3. The third-order valence-corrected chi connectivity index (χ3v) is 28.8. The number of hydrogen-bond donors (Lipinski definition) is 0. The molecule has 0 aliphatic carbocycles. The molecule has 0 saturated carbocycles. The third kappa shape index (κ3) is 4.60. The van der Waals surface area contributed by atoms with E-state index in [1.165, 1.54) is 25.7 Å². The quantitative estimate of drug-likeness (QED) is 0.482. The molecule has 0 nitrogen and oxygen atoms in total. The van der Waals surface area contributed by atoms with Gasteiger partial charge < -0.3 is 0 Å². The second-order valence-electron chi connectivity index (χ2n) is 7.63. The van der Waals surface area contributed by atoms with Crippen LogP contribution in [0, 0.1) is 0 Å². The Balaban J connectivity index is 2.04. The average molecular weight is 409 g/mol. The van der Waals surface area contributed by atoms with Crippen molar-refractivity contribution in [1.82, 2.24) is 0 Å². The molecule has 21 heavy (non-hydrogen) atoms. The van der Waals surface area contributed by atoms with Crippen LogP contribution in [0.25, 0.3) is 0 Å². The standard InChI is InChI=1S/C11H16Si.2C4H9.Sn/c1-4-12(3,5-2)11-9-7-6-8-10-11;2*1-3-4-2;/h6-10H,1-2,4-5H2,3H3;2*1,3-4H2,2H3;. The summed E-state index contributed by atoms with van der Waals surface area (Å²) < 4.78 is 6.83.